The smallest absolute Gasteiger partial charge is 0.116 e. The molecule has 0 aromatic carbocycles. The van der Waals surface area contributed by atoms with E-state index in [0.717, 1.165) is 18.2 Å². The fraction of sp³-hybridized carbons (Fsp3) is 0.143. The highest BCUT2D eigenvalue weighted by Gasteiger charge is 1.84. The van der Waals surface area contributed by atoms with Crippen LogP contribution in [0.3, 0.4) is 0 Å². The van der Waals surface area contributed by atoms with Gasteiger partial charge in [-0.2, -0.15) is 0 Å². The van der Waals surface area contributed by atoms with Gasteiger partial charge >= 0.3 is 0 Å². The van der Waals surface area contributed by atoms with Crippen LogP contribution < -0.4 is 0 Å². The van der Waals surface area contributed by atoms with Crippen LogP contribution in [-0.4, -0.2) is 11.8 Å². The van der Waals surface area contributed by atoms with Crippen molar-refractivity contribution in [3.63, 3.8) is 0 Å². The van der Waals surface area contributed by atoms with Crippen molar-refractivity contribution in [1.82, 2.24) is 0 Å². The number of allylic oxidation sites excluding steroid dienone is 4. The van der Waals surface area contributed by atoms with Crippen LogP contribution in [0.1, 0.15) is 0 Å². The summed E-state index contributed by atoms with van der Waals surface area (Å²) in [5.41, 5.74) is 0. The summed E-state index contributed by atoms with van der Waals surface area (Å²) in [5.74, 6) is -0.986. The van der Waals surface area contributed by atoms with E-state index >= 15 is 0 Å². The summed E-state index contributed by atoms with van der Waals surface area (Å²) in [6.07, 6.45) is 2.89. The Hall–Kier alpha value is -1.12. The van der Waals surface area contributed by atoms with E-state index in [1.807, 2.05) is 0 Å². The minimum atomic E-state index is -0.769. The first-order valence-corrected chi connectivity index (χ1v) is 2.64. The molecule has 0 bridgehead atoms. The first kappa shape index (κ1) is 8.88. The molecule has 0 aliphatic carbocycles. The maximum Gasteiger partial charge on any atom is 0.116 e. The topological polar surface area (TPSA) is 20.2 Å². The lowest BCUT2D eigenvalue weighted by molar-refractivity contribution is 0.422. The predicted octanol–water partition coefficient (Wildman–Crippen LogP) is 2.44. The minimum absolute atomic E-state index is 0.304. The third kappa shape index (κ3) is 5.03. The lowest BCUT2D eigenvalue weighted by Gasteiger charge is -1.86. The summed E-state index contributed by atoms with van der Waals surface area (Å²) in [4.78, 5) is 0. The second kappa shape index (κ2) is 4.73. The molecular formula is C7H8F2O. The van der Waals surface area contributed by atoms with Gasteiger partial charge in [-0.15, -0.1) is 0 Å². The number of alkyl halides is 1. The standard InChI is InChI=1S/C7H8F2O/c1-6(9)2-3-7(10)4-5-8/h2-4,10H,1,5H2/b3-2-,7-4+. The second-order valence-electron chi connectivity index (χ2n) is 1.56. The van der Waals surface area contributed by atoms with E-state index in [-0.39, 0.29) is 5.76 Å². The van der Waals surface area contributed by atoms with Crippen molar-refractivity contribution in [3.05, 3.63) is 36.4 Å². The van der Waals surface area contributed by atoms with Crippen LogP contribution in [0, 0.1) is 0 Å². The molecule has 0 aromatic heterocycles. The number of hydrogen-bond acceptors (Lipinski definition) is 1. The molecule has 0 heterocycles. The Bertz CT molecular complexity index is 170. The first-order valence-electron chi connectivity index (χ1n) is 2.64. The highest BCUT2D eigenvalue weighted by Crippen LogP contribution is 1.97. The van der Waals surface area contributed by atoms with E-state index in [4.69, 9.17) is 5.11 Å². The highest BCUT2D eigenvalue weighted by atomic mass is 19.1. The van der Waals surface area contributed by atoms with Gasteiger partial charge in [0.15, 0.2) is 0 Å². The van der Waals surface area contributed by atoms with Gasteiger partial charge in [0, 0.05) is 0 Å². The van der Waals surface area contributed by atoms with E-state index in [9.17, 15) is 8.78 Å². The summed E-state index contributed by atoms with van der Waals surface area (Å²) < 4.78 is 23.2. The molecule has 3 heteroatoms. The molecule has 0 fully saturated rings. The van der Waals surface area contributed by atoms with Crippen LogP contribution >= 0.6 is 0 Å². The molecule has 1 nitrogen and oxygen atoms in total. The summed E-state index contributed by atoms with van der Waals surface area (Å²) in [7, 11) is 0. The first-order chi connectivity index (χ1) is 4.66. The van der Waals surface area contributed by atoms with Crippen LogP contribution in [0.15, 0.2) is 36.4 Å². The average molecular weight is 146 g/mol. The van der Waals surface area contributed by atoms with Gasteiger partial charge in [0.25, 0.3) is 0 Å². The summed E-state index contributed by atoms with van der Waals surface area (Å²) in [6.45, 7) is 2.13. The van der Waals surface area contributed by atoms with Crippen molar-refractivity contribution in [2.24, 2.45) is 0 Å². The van der Waals surface area contributed by atoms with Crippen LogP contribution in [0.5, 0.6) is 0 Å². The Labute approximate surface area is 58.0 Å². The Balaban J connectivity index is 3.89. The van der Waals surface area contributed by atoms with Crippen molar-refractivity contribution < 1.29 is 13.9 Å². The number of rotatable bonds is 3. The molecule has 56 valence electrons. The van der Waals surface area contributed by atoms with Crippen molar-refractivity contribution in [3.8, 4) is 0 Å². The molecule has 10 heavy (non-hydrogen) atoms. The molecule has 0 atom stereocenters. The molecular weight excluding hydrogens is 138 g/mol. The van der Waals surface area contributed by atoms with Gasteiger partial charge < -0.3 is 5.11 Å². The van der Waals surface area contributed by atoms with Crippen molar-refractivity contribution in [1.29, 1.82) is 0 Å². The zero-order valence-corrected chi connectivity index (χ0v) is 5.35. The molecule has 0 amide bonds. The van der Waals surface area contributed by atoms with Crippen molar-refractivity contribution >= 4 is 0 Å². The van der Waals surface area contributed by atoms with E-state index in [0.29, 0.717) is 0 Å². The molecule has 0 spiro atoms. The zero-order valence-electron chi connectivity index (χ0n) is 5.35. The molecule has 0 aromatic rings. The average Bonchev–Trinajstić information content (AvgIpc) is 1.85. The Kier molecular flexibility index (Phi) is 4.20. The maximum atomic E-state index is 11.8. The van der Waals surface area contributed by atoms with Gasteiger partial charge in [-0.25, -0.2) is 8.78 Å². The van der Waals surface area contributed by atoms with Crippen molar-refractivity contribution in [2.75, 3.05) is 6.67 Å². The van der Waals surface area contributed by atoms with Crippen LogP contribution in [0.2, 0.25) is 0 Å². The Morgan fingerprint density at radius 3 is 2.50 bits per heavy atom. The third-order valence-electron chi connectivity index (χ3n) is 0.721. The molecule has 0 radical (unpaired) electrons. The van der Waals surface area contributed by atoms with E-state index in [1.54, 1.807) is 0 Å². The Morgan fingerprint density at radius 2 is 2.10 bits per heavy atom. The highest BCUT2D eigenvalue weighted by molar-refractivity contribution is 5.17. The van der Waals surface area contributed by atoms with E-state index < -0.39 is 12.5 Å². The summed E-state index contributed by atoms with van der Waals surface area (Å²) in [5, 5.41) is 8.62. The molecule has 0 aliphatic rings. The molecule has 0 saturated heterocycles. The van der Waals surface area contributed by atoms with E-state index in [1.165, 1.54) is 0 Å². The van der Waals surface area contributed by atoms with E-state index in [2.05, 4.69) is 6.58 Å². The van der Waals surface area contributed by atoms with Gasteiger partial charge in [0.1, 0.15) is 18.3 Å². The second-order valence-corrected chi connectivity index (χ2v) is 1.56. The zero-order chi connectivity index (χ0) is 7.98. The molecule has 0 saturated carbocycles. The lowest BCUT2D eigenvalue weighted by atomic mass is 10.4. The van der Waals surface area contributed by atoms with Crippen LogP contribution in [0.4, 0.5) is 8.78 Å². The normalized spacial score (nSPS) is 12.4. The van der Waals surface area contributed by atoms with Crippen LogP contribution in [0.25, 0.3) is 0 Å². The van der Waals surface area contributed by atoms with Gasteiger partial charge in [-0.1, -0.05) is 6.58 Å². The van der Waals surface area contributed by atoms with Crippen LogP contribution in [-0.2, 0) is 0 Å². The number of halogens is 2. The quantitative estimate of drug-likeness (QED) is 0.479. The fourth-order valence-corrected chi connectivity index (χ4v) is 0.323. The van der Waals surface area contributed by atoms with Gasteiger partial charge in [0.05, 0.1) is 0 Å². The SMILES string of the molecule is C=C(F)/C=C\C(O)=C/CF. The van der Waals surface area contributed by atoms with Crippen molar-refractivity contribution in [2.45, 2.75) is 0 Å². The number of aliphatic hydroxyl groups excluding tert-OH is 1. The van der Waals surface area contributed by atoms with Gasteiger partial charge in [-0.05, 0) is 18.2 Å². The van der Waals surface area contributed by atoms with Gasteiger partial charge in [0.2, 0.25) is 0 Å². The monoisotopic (exact) mass is 146 g/mol. The maximum absolute atomic E-state index is 11.8. The van der Waals surface area contributed by atoms with Gasteiger partial charge in [-0.3, -0.25) is 0 Å². The fourth-order valence-electron chi connectivity index (χ4n) is 0.323. The predicted molar refractivity (Wildman–Crippen MR) is 36.1 cm³/mol. The third-order valence-corrected chi connectivity index (χ3v) is 0.721. The minimum Gasteiger partial charge on any atom is -0.508 e. The molecule has 0 aliphatic heterocycles. The lowest BCUT2D eigenvalue weighted by Crippen LogP contribution is -1.74. The number of aliphatic hydroxyl groups is 1. The number of hydrogen-bond donors (Lipinski definition) is 1. The molecule has 1 N–H and O–H groups in total. The summed E-state index contributed by atoms with van der Waals surface area (Å²) in [6, 6.07) is 0. The largest absolute Gasteiger partial charge is 0.508 e. The molecule has 0 rings (SSSR count). The summed E-state index contributed by atoms with van der Waals surface area (Å²) >= 11 is 0. The Morgan fingerprint density at radius 1 is 1.50 bits per heavy atom. The molecule has 0 unspecified atom stereocenters.